The number of hydrogen-bond acceptors (Lipinski definition) is 4. The van der Waals surface area contributed by atoms with E-state index in [9.17, 15) is 13.2 Å². The fraction of sp³-hybridized carbons (Fsp3) is 0.353. The van der Waals surface area contributed by atoms with E-state index in [2.05, 4.69) is 12.1 Å². The summed E-state index contributed by atoms with van der Waals surface area (Å²) in [7, 11) is -3.94. The molecule has 1 amide bonds. The number of sulfonamides is 1. The SMILES string of the molecule is NS(=O)(=O)c1ccc(C(=O)N2CCCC(c3ccccc3)CC2)o1. The molecule has 2 N–H and O–H groups in total. The van der Waals surface area contributed by atoms with Crippen molar-refractivity contribution < 1.29 is 17.6 Å². The zero-order valence-electron chi connectivity index (χ0n) is 13.2. The Balaban J connectivity index is 1.70. The smallest absolute Gasteiger partial charge is 0.289 e. The van der Waals surface area contributed by atoms with Crippen LogP contribution in [0.5, 0.6) is 0 Å². The summed E-state index contributed by atoms with van der Waals surface area (Å²) >= 11 is 0. The van der Waals surface area contributed by atoms with Crippen molar-refractivity contribution in [1.82, 2.24) is 4.90 Å². The quantitative estimate of drug-likeness (QED) is 0.921. The van der Waals surface area contributed by atoms with E-state index in [1.165, 1.54) is 17.7 Å². The summed E-state index contributed by atoms with van der Waals surface area (Å²) in [5.74, 6) is 0.149. The van der Waals surface area contributed by atoms with Crippen LogP contribution in [-0.4, -0.2) is 32.3 Å². The number of furan rings is 1. The lowest BCUT2D eigenvalue weighted by atomic mass is 9.92. The van der Waals surface area contributed by atoms with Crippen LogP contribution in [0.15, 0.2) is 52.0 Å². The monoisotopic (exact) mass is 348 g/mol. The molecular weight excluding hydrogens is 328 g/mol. The molecule has 2 heterocycles. The Kier molecular flexibility index (Phi) is 4.73. The molecule has 0 bridgehead atoms. The lowest BCUT2D eigenvalue weighted by Crippen LogP contribution is -2.31. The summed E-state index contributed by atoms with van der Waals surface area (Å²) in [6.45, 7) is 1.25. The van der Waals surface area contributed by atoms with Crippen LogP contribution in [0, 0.1) is 0 Å². The fourth-order valence-electron chi connectivity index (χ4n) is 3.10. The van der Waals surface area contributed by atoms with E-state index in [1.807, 2.05) is 18.2 Å². The molecule has 1 fully saturated rings. The minimum absolute atomic E-state index is 0.0113. The number of hydrogen-bond donors (Lipinski definition) is 1. The summed E-state index contributed by atoms with van der Waals surface area (Å²) in [5.41, 5.74) is 1.29. The van der Waals surface area contributed by atoms with Crippen LogP contribution in [0.3, 0.4) is 0 Å². The first-order valence-corrected chi connectivity index (χ1v) is 9.46. The number of nitrogens with two attached hydrogens (primary N) is 1. The highest BCUT2D eigenvalue weighted by molar-refractivity contribution is 7.89. The normalized spacial score (nSPS) is 19.0. The zero-order chi connectivity index (χ0) is 17.2. The standard InChI is InChI=1S/C17H20N2O4S/c18-24(21,22)16-9-8-15(23-16)17(20)19-11-4-7-14(10-12-19)13-5-2-1-3-6-13/h1-3,5-6,8-9,14H,4,7,10-12H2,(H2,18,21,22). The number of amides is 1. The van der Waals surface area contributed by atoms with Gasteiger partial charge in [-0.25, -0.2) is 13.6 Å². The van der Waals surface area contributed by atoms with Crippen LogP contribution >= 0.6 is 0 Å². The zero-order valence-corrected chi connectivity index (χ0v) is 14.0. The number of likely N-dealkylation sites (tertiary alicyclic amines) is 1. The molecule has 0 aliphatic carbocycles. The van der Waals surface area contributed by atoms with E-state index in [1.54, 1.807) is 4.90 Å². The van der Waals surface area contributed by atoms with Crippen molar-refractivity contribution in [2.75, 3.05) is 13.1 Å². The number of nitrogens with zero attached hydrogens (tertiary/aromatic N) is 1. The lowest BCUT2D eigenvalue weighted by molar-refractivity contribution is 0.0723. The molecule has 7 heteroatoms. The summed E-state index contributed by atoms with van der Waals surface area (Å²) in [6, 6.07) is 12.9. The second-order valence-corrected chi connectivity index (χ2v) is 7.49. The largest absolute Gasteiger partial charge is 0.438 e. The van der Waals surface area contributed by atoms with Crippen LogP contribution in [0.1, 0.15) is 41.3 Å². The summed E-state index contributed by atoms with van der Waals surface area (Å²) < 4.78 is 27.6. The highest BCUT2D eigenvalue weighted by Gasteiger charge is 2.25. The first-order valence-electron chi connectivity index (χ1n) is 7.92. The van der Waals surface area contributed by atoms with Crippen molar-refractivity contribution in [3.8, 4) is 0 Å². The Labute approximate surface area is 141 Å². The average molecular weight is 348 g/mol. The van der Waals surface area contributed by atoms with Crippen LogP contribution in [0.4, 0.5) is 0 Å². The number of rotatable bonds is 3. The summed E-state index contributed by atoms with van der Waals surface area (Å²) in [5, 5.41) is 4.62. The van der Waals surface area contributed by atoms with Crippen molar-refractivity contribution in [1.29, 1.82) is 0 Å². The molecule has 1 atom stereocenters. The van der Waals surface area contributed by atoms with Crippen LogP contribution < -0.4 is 5.14 Å². The van der Waals surface area contributed by atoms with Gasteiger partial charge in [-0.1, -0.05) is 30.3 Å². The topological polar surface area (TPSA) is 93.6 Å². The van der Waals surface area contributed by atoms with Crippen molar-refractivity contribution in [2.45, 2.75) is 30.3 Å². The van der Waals surface area contributed by atoms with Crippen LogP contribution in [0.2, 0.25) is 0 Å². The molecule has 1 aliphatic rings. The molecule has 1 saturated heterocycles. The van der Waals surface area contributed by atoms with Gasteiger partial charge >= 0.3 is 0 Å². The highest BCUT2D eigenvalue weighted by Crippen LogP contribution is 2.28. The molecule has 128 valence electrons. The van der Waals surface area contributed by atoms with Crippen LogP contribution in [0.25, 0.3) is 0 Å². The van der Waals surface area contributed by atoms with E-state index in [4.69, 9.17) is 9.56 Å². The number of primary sulfonamides is 1. The van der Waals surface area contributed by atoms with Crippen molar-refractivity contribution in [2.24, 2.45) is 5.14 Å². The molecular formula is C17H20N2O4S. The Morgan fingerprint density at radius 3 is 2.50 bits per heavy atom. The molecule has 1 aliphatic heterocycles. The van der Waals surface area contributed by atoms with E-state index in [-0.39, 0.29) is 16.8 Å². The van der Waals surface area contributed by atoms with E-state index in [0.29, 0.717) is 19.0 Å². The van der Waals surface area contributed by atoms with E-state index >= 15 is 0 Å². The molecule has 0 saturated carbocycles. The number of benzene rings is 1. The molecule has 1 aromatic heterocycles. The maximum absolute atomic E-state index is 12.5. The average Bonchev–Trinajstić information content (AvgIpc) is 2.94. The predicted molar refractivity (Wildman–Crippen MR) is 89.0 cm³/mol. The molecule has 1 unspecified atom stereocenters. The van der Waals surface area contributed by atoms with Crippen molar-refractivity contribution in [3.05, 3.63) is 53.8 Å². The molecule has 6 nitrogen and oxygen atoms in total. The van der Waals surface area contributed by atoms with Gasteiger partial charge in [-0.15, -0.1) is 0 Å². The van der Waals surface area contributed by atoms with Gasteiger partial charge in [0.05, 0.1) is 0 Å². The Hall–Kier alpha value is -2.12. The maximum atomic E-state index is 12.5. The number of carbonyl (C=O) groups is 1. The first kappa shape index (κ1) is 16.7. The molecule has 0 radical (unpaired) electrons. The van der Waals surface area contributed by atoms with Gasteiger partial charge in [-0.05, 0) is 42.9 Å². The lowest BCUT2D eigenvalue weighted by Gasteiger charge is -2.19. The van der Waals surface area contributed by atoms with Gasteiger partial charge in [0.15, 0.2) is 5.76 Å². The predicted octanol–water partition coefficient (Wildman–Crippen LogP) is 2.34. The molecule has 2 aromatic rings. The Morgan fingerprint density at radius 2 is 1.83 bits per heavy atom. The molecule has 0 spiro atoms. The second-order valence-electron chi connectivity index (χ2n) is 5.99. The van der Waals surface area contributed by atoms with E-state index < -0.39 is 10.0 Å². The minimum atomic E-state index is -3.94. The number of carbonyl (C=O) groups excluding carboxylic acids is 1. The van der Waals surface area contributed by atoms with Gasteiger partial charge in [-0.3, -0.25) is 4.79 Å². The third-order valence-corrected chi connectivity index (χ3v) is 5.14. The van der Waals surface area contributed by atoms with Crippen molar-refractivity contribution in [3.63, 3.8) is 0 Å². The van der Waals surface area contributed by atoms with Gasteiger partial charge in [0, 0.05) is 13.1 Å². The summed E-state index contributed by atoms with van der Waals surface area (Å²) in [4.78, 5) is 14.2. The first-order chi connectivity index (χ1) is 11.4. The van der Waals surface area contributed by atoms with Gasteiger partial charge in [0.2, 0.25) is 5.09 Å². The van der Waals surface area contributed by atoms with Crippen LogP contribution in [-0.2, 0) is 10.0 Å². The third-order valence-electron chi connectivity index (χ3n) is 4.36. The Bertz CT molecular complexity index is 814. The maximum Gasteiger partial charge on any atom is 0.289 e. The minimum Gasteiger partial charge on any atom is -0.438 e. The molecule has 1 aromatic carbocycles. The highest BCUT2D eigenvalue weighted by atomic mass is 32.2. The van der Waals surface area contributed by atoms with Gasteiger partial charge in [-0.2, -0.15) is 0 Å². The van der Waals surface area contributed by atoms with Gasteiger partial charge < -0.3 is 9.32 Å². The molecule has 24 heavy (non-hydrogen) atoms. The third kappa shape index (κ3) is 3.68. The fourth-order valence-corrected chi connectivity index (χ4v) is 3.57. The van der Waals surface area contributed by atoms with E-state index in [0.717, 1.165) is 19.3 Å². The second kappa shape index (κ2) is 6.78. The Morgan fingerprint density at radius 1 is 1.08 bits per heavy atom. The van der Waals surface area contributed by atoms with Crippen molar-refractivity contribution >= 4 is 15.9 Å². The van der Waals surface area contributed by atoms with Gasteiger partial charge in [0.25, 0.3) is 15.9 Å². The van der Waals surface area contributed by atoms with Gasteiger partial charge in [0.1, 0.15) is 0 Å². The summed E-state index contributed by atoms with van der Waals surface area (Å²) in [6.07, 6.45) is 2.79. The molecule has 3 rings (SSSR count).